The monoisotopic (exact) mass is 386 g/mol. The number of carbonyl (C=O) groups is 1. The fourth-order valence-electron chi connectivity index (χ4n) is 3.29. The van der Waals surface area contributed by atoms with Gasteiger partial charge in [0.15, 0.2) is 9.84 Å². The molecule has 1 unspecified atom stereocenters. The third-order valence-corrected chi connectivity index (χ3v) is 6.85. The smallest absolute Gasteiger partial charge is 0.226 e. The molecule has 0 N–H and O–H groups in total. The fourth-order valence-corrected chi connectivity index (χ4v) is 5.21. The lowest BCUT2D eigenvalue weighted by molar-refractivity contribution is -0.136. The van der Waals surface area contributed by atoms with E-state index in [0.29, 0.717) is 36.9 Å². The maximum absolute atomic E-state index is 12.4. The van der Waals surface area contributed by atoms with Crippen molar-refractivity contribution in [1.82, 2.24) is 9.80 Å². The number of piperazine rings is 1. The molecule has 1 atom stereocenters. The second-order valence-electron chi connectivity index (χ2n) is 6.55. The molecule has 1 aromatic rings. The molecule has 0 radical (unpaired) electrons. The van der Waals surface area contributed by atoms with Crippen LogP contribution in [0.2, 0.25) is 5.02 Å². The van der Waals surface area contributed by atoms with Crippen molar-refractivity contribution in [2.45, 2.75) is 6.42 Å². The zero-order valence-electron chi connectivity index (χ0n) is 14.1. The van der Waals surface area contributed by atoms with Crippen LogP contribution >= 0.6 is 11.6 Å². The number of rotatable bonds is 5. The average molecular weight is 387 g/mol. The molecule has 1 amide bonds. The molecule has 3 rings (SSSR count). The van der Waals surface area contributed by atoms with E-state index in [4.69, 9.17) is 16.3 Å². The first-order valence-corrected chi connectivity index (χ1v) is 10.7. The van der Waals surface area contributed by atoms with Gasteiger partial charge in [0.1, 0.15) is 12.4 Å². The Labute approximate surface area is 153 Å². The second-order valence-corrected chi connectivity index (χ2v) is 9.18. The molecule has 2 fully saturated rings. The van der Waals surface area contributed by atoms with Crippen LogP contribution in [0.4, 0.5) is 0 Å². The van der Waals surface area contributed by atoms with Crippen molar-refractivity contribution in [2.75, 3.05) is 50.8 Å². The maximum Gasteiger partial charge on any atom is 0.226 e. The zero-order chi connectivity index (χ0) is 17.9. The van der Waals surface area contributed by atoms with E-state index in [1.165, 1.54) is 0 Å². The Kier molecular flexibility index (Phi) is 5.86. The fraction of sp³-hybridized carbons (Fsp3) is 0.588. The zero-order valence-corrected chi connectivity index (χ0v) is 15.6. The molecule has 25 heavy (non-hydrogen) atoms. The van der Waals surface area contributed by atoms with Gasteiger partial charge in [-0.15, -0.1) is 0 Å². The van der Waals surface area contributed by atoms with Crippen molar-refractivity contribution in [1.29, 1.82) is 0 Å². The van der Waals surface area contributed by atoms with E-state index in [2.05, 4.69) is 4.90 Å². The van der Waals surface area contributed by atoms with Gasteiger partial charge in [-0.3, -0.25) is 9.69 Å². The number of para-hydroxylation sites is 1. The molecule has 6 nitrogen and oxygen atoms in total. The number of carbonyl (C=O) groups excluding carboxylic acids is 1. The molecule has 2 aliphatic rings. The van der Waals surface area contributed by atoms with Crippen molar-refractivity contribution in [3.8, 4) is 5.75 Å². The normalized spacial score (nSPS) is 23.6. The highest BCUT2D eigenvalue weighted by molar-refractivity contribution is 7.91. The lowest BCUT2D eigenvalue weighted by Crippen LogP contribution is -2.51. The summed E-state index contributed by atoms with van der Waals surface area (Å²) in [6.07, 6.45) is 0.465. The van der Waals surface area contributed by atoms with Crippen LogP contribution in [0.15, 0.2) is 24.3 Å². The van der Waals surface area contributed by atoms with Crippen molar-refractivity contribution in [2.24, 2.45) is 5.92 Å². The lowest BCUT2D eigenvalue weighted by Gasteiger charge is -2.35. The molecule has 2 saturated heterocycles. The van der Waals surface area contributed by atoms with Crippen LogP contribution in [0.5, 0.6) is 5.75 Å². The predicted octanol–water partition coefficient (Wildman–Crippen LogP) is 1.30. The minimum atomic E-state index is -3.02. The topological polar surface area (TPSA) is 66.9 Å². The van der Waals surface area contributed by atoms with Gasteiger partial charge in [-0.05, 0) is 18.6 Å². The summed E-state index contributed by atoms with van der Waals surface area (Å²) >= 11 is 6.06. The third kappa shape index (κ3) is 4.86. The summed E-state index contributed by atoms with van der Waals surface area (Å²) in [4.78, 5) is 16.5. The van der Waals surface area contributed by atoms with Gasteiger partial charge in [0, 0.05) is 32.7 Å². The van der Waals surface area contributed by atoms with Crippen molar-refractivity contribution in [3.63, 3.8) is 0 Å². The molecule has 138 valence electrons. The molecule has 2 aliphatic heterocycles. The highest BCUT2D eigenvalue weighted by Gasteiger charge is 2.36. The number of hydrogen-bond acceptors (Lipinski definition) is 5. The van der Waals surface area contributed by atoms with E-state index in [1.807, 2.05) is 18.2 Å². The van der Waals surface area contributed by atoms with Gasteiger partial charge in [-0.2, -0.15) is 0 Å². The van der Waals surface area contributed by atoms with Gasteiger partial charge in [0.25, 0.3) is 0 Å². The Bertz CT molecular complexity index is 717. The summed E-state index contributed by atoms with van der Waals surface area (Å²) in [6.45, 7) is 4.14. The van der Waals surface area contributed by atoms with Gasteiger partial charge in [-0.25, -0.2) is 8.42 Å². The van der Waals surface area contributed by atoms with Crippen LogP contribution in [-0.2, 0) is 14.6 Å². The highest BCUT2D eigenvalue weighted by atomic mass is 35.5. The van der Waals surface area contributed by atoms with E-state index >= 15 is 0 Å². The maximum atomic E-state index is 12.4. The standard InChI is InChI=1S/C17H23ClN2O4S/c18-15-3-1-2-4-16(15)24-11-10-19-6-8-20(9-7-19)17(21)14-5-12-25(22,23)13-14/h1-4,14H,5-13H2. The Hall–Kier alpha value is -1.31. The molecular weight excluding hydrogens is 364 g/mol. The number of halogens is 1. The molecule has 1 aromatic carbocycles. The van der Waals surface area contributed by atoms with Crippen LogP contribution in [-0.4, -0.2) is 75.0 Å². The molecular formula is C17H23ClN2O4S. The molecule has 8 heteroatoms. The SMILES string of the molecule is O=C(C1CCS(=O)(=O)C1)N1CCN(CCOc2ccccc2Cl)CC1. The van der Waals surface area contributed by atoms with E-state index in [0.717, 1.165) is 19.6 Å². The van der Waals surface area contributed by atoms with Gasteiger partial charge in [0.05, 0.1) is 22.4 Å². The van der Waals surface area contributed by atoms with Crippen molar-refractivity contribution in [3.05, 3.63) is 29.3 Å². The first kappa shape index (κ1) is 18.5. The molecule has 0 aliphatic carbocycles. The quantitative estimate of drug-likeness (QED) is 0.763. The molecule has 0 aromatic heterocycles. The van der Waals surface area contributed by atoms with Gasteiger partial charge in [-0.1, -0.05) is 23.7 Å². The minimum Gasteiger partial charge on any atom is -0.491 e. The Balaban J connectivity index is 1.40. The van der Waals surface area contributed by atoms with E-state index < -0.39 is 9.84 Å². The number of benzene rings is 1. The second kappa shape index (κ2) is 7.93. The first-order valence-electron chi connectivity index (χ1n) is 8.53. The van der Waals surface area contributed by atoms with Gasteiger partial charge in [0.2, 0.25) is 5.91 Å². The van der Waals surface area contributed by atoms with Gasteiger partial charge >= 0.3 is 0 Å². The molecule has 2 heterocycles. The van der Waals surface area contributed by atoms with Gasteiger partial charge < -0.3 is 9.64 Å². The summed E-state index contributed by atoms with van der Waals surface area (Å²) in [5.41, 5.74) is 0. The highest BCUT2D eigenvalue weighted by Crippen LogP contribution is 2.23. The number of sulfone groups is 1. The van der Waals surface area contributed by atoms with E-state index in [9.17, 15) is 13.2 Å². The van der Waals surface area contributed by atoms with Crippen LogP contribution in [0.25, 0.3) is 0 Å². The molecule has 0 spiro atoms. The number of hydrogen-bond donors (Lipinski definition) is 0. The molecule has 0 bridgehead atoms. The van der Waals surface area contributed by atoms with Crippen molar-refractivity contribution < 1.29 is 17.9 Å². The summed E-state index contributed by atoms with van der Waals surface area (Å²) in [5, 5.41) is 0.601. The molecule has 0 saturated carbocycles. The van der Waals surface area contributed by atoms with Crippen LogP contribution < -0.4 is 4.74 Å². The first-order chi connectivity index (χ1) is 11.9. The summed E-state index contributed by atoms with van der Waals surface area (Å²) in [7, 11) is -3.02. The summed E-state index contributed by atoms with van der Waals surface area (Å²) in [5.74, 6) is 0.481. The largest absolute Gasteiger partial charge is 0.491 e. The van der Waals surface area contributed by atoms with Crippen molar-refractivity contribution >= 4 is 27.3 Å². The third-order valence-electron chi connectivity index (χ3n) is 4.77. The van der Waals surface area contributed by atoms with Crippen LogP contribution in [0, 0.1) is 5.92 Å². The Morgan fingerprint density at radius 3 is 2.56 bits per heavy atom. The van der Waals surface area contributed by atoms with E-state index in [1.54, 1.807) is 11.0 Å². The van der Waals surface area contributed by atoms with Crippen LogP contribution in [0.1, 0.15) is 6.42 Å². The Morgan fingerprint density at radius 2 is 1.92 bits per heavy atom. The lowest BCUT2D eigenvalue weighted by atomic mass is 10.1. The van der Waals surface area contributed by atoms with E-state index in [-0.39, 0.29) is 23.3 Å². The van der Waals surface area contributed by atoms with Crippen LogP contribution in [0.3, 0.4) is 0 Å². The minimum absolute atomic E-state index is 0.00644. The predicted molar refractivity (Wildman–Crippen MR) is 96.7 cm³/mol. The average Bonchev–Trinajstić information content (AvgIpc) is 2.96. The summed E-state index contributed by atoms with van der Waals surface area (Å²) < 4.78 is 28.8. The Morgan fingerprint density at radius 1 is 1.20 bits per heavy atom. The number of ether oxygens (including phenoxy) is 1. The number of nitrogens with zero attached hydrogens (tertiary/aromatic N) is 2. The number of amides is 1. The summed E-state index contributed by atoms with van der Waals surface area (Å²) in [6, 6.07) is 7.38.